The molecule has 0 saturated carbocycles. The zero-order valence-corrected chi connectivity index (χ0v) is 26.3. The van der Waals surface area contributed by atoms with Crippen LogP contribution < -0.4 is 0 Å². The third-order valence-corrected chi connectivity index (χ3v) is 8.44. The molecule has 0 spiro atoms. The number of hydrogen-bond donors (Lipinski definition) is 0. The number of benzene rings is 1. The molecule has 0 saturated heterocycles. The quantitative estimate of drug-likeness (QED) is 0.0838. The maximum absolute atomic E-state index is 3.42. The Kier molecular flexibility index (Phi) is 25.1. The molecule has 0 aliphatic heterocycles. The minimum atomic E-state index is 0.818. The largest absolute Gasteiger partial charge is 0.0979 e. The number of hydrogen-bond acceptors (Lipinski definition) is 0. The van der Waals surface area contributed by atoms with Crippen molar-refractivity contribution in [3.8, 4) is 11.8 Å². The Morgan fingerprint density at radius 3 is 1.47 bits per heavy atom. The van der Waals surface area contributed by atoms with Crippen LogP contribution in [0.15, 0.2) is 24.3 Å². The van der Waals surface area contributed by atoms with Crippen LogP contribution in [0.1, 0.15) is 192 Å². The van der Waals surface area contributed by atoms with Crippen molar-refractivity contribution in [2.75, 3.05) is 0 Å². The Balaban J connectivity index is 1.81. The van der Waals surface area contributed by atoms with E-state index in [1.54, 1.807) is 0 Å². The van der Waals surface area contributed by atoms with Gasteiger partial charge in [-0.25, -0.2) is 0 Å². The molecular formula is C38H66. The minimum Gasteiger partial charge on any atom is -0.0979 e. The van der Waals surface area contributed by atoms with E-state index in [-0.39, 0.29) is 0 Å². The van der Waals surface area contributed by atoms with E-state index in [1.807, 2.05) is 0 Å². The lowest BCUT2D eigenvalue weighted by molar-refractivity contribution is 0.516. The topological polar surface area (TPSA) is 0 Å². The van der Waals surface area contributed by atoms with Gasteiger partial charge in [-0.15, -0.1) is 0 Å². The molecule has 0 aromatic heterocycles. The van der Waals surface area contributed by atoms with Crippen LogP contribution in [0.25, 0.3) is 0 Å². The Bertz CT molecular complexity index is 675. The molecule has 1 aromatic carbocycles. The third kappa shape index (κ3) is 22.7. The number of aryl methyl sites for hydroxylation is 1. The summed E-state index contributed by atoms with van der Waals surface area (Å²) in [4.78, 5) is 0. The zero-order chi connectivity index (χ0) is 27.4. The SMILES string of the molecule is CCCCCCCCCCCCCCCCCCCCCCCCC#Cc1cccc(CCC(C)CC)c1. The highest BCUT2D eigenvalue weighted by Crippen LogP contribution is 2.16. The zero-order valence-electron chi connectivity index (χ0n) is 26.3. The second-order valence-electron chi connectivity index (χ2n) is 12.2. The van der Waals surface area contributed by atoms with Crippen molar-refractivity contribution in [2.45, 2.75) is 188 Å². The molecule has 0 radical (unpaired) electrons. The lowest BCUT2D eigenvalue weighted by Gasteiger charge is -2.07. The van der Waals surface area contributed by atoms with E-state index in [4.69, 9.17) is 0 Å². The molecule has 218 valence electrons. The van der Waals surface area contributed by atoms with Crippen molar-refractivity contribution < 1.29 is 0 Å². The summed E-state index contributed by atoms with van der Waals surface area (Å²) < 4.78 is 0. The van der Waals surface area contributed by atoms with Gasteiger partial charge in [0.25, 0.3) is 0 Å². The lowest BCUT2D eigenvalue weighted by atomic mass is 9.98. The van der Waals surface area contributed by atoms with E-state index in [2.05, 4.69) is 56.9 Å². The number of unbranched alkanes of at least 4 members (excludes halogenated alkanes) is 22. The van der Waals surface area contributed by atoms with Crippen molar-refractivity contribution in [3.63, 3.8) is 0 Å². The molecular weight excluding hydrogens is 456 g/mol. The molecule has 1 atom stereocenters. The van der Waals surface area contributed by atoms with E-state index in [9.17, 15) is 0 Å². The molecule has 0 heterocycles. The van der Waals surface area contributed by atoms with Crippen molar-refractivity contribution in [1.29, 1.82) is 0 Å². The fourth-order valence-electron chi connectivity index (χ4n) is 5.41. The van der Waals surface area contributed by atoms with Gasteiger partial charge in [0.15, 0.2) is 0 Å². The first kappa shape index (κ1) is 34.8. The Labute approximate surface area is 240 Å². The normalized spacial score (nSPS) is 11.9. The van der Waals surface area contributed by atoms with Crippen LogP contribution in [-0.4, -0.2) is 0 Å². The number of rotatable bonds is 26. The first-order chi connectivity index (χ1) is 18.8. The lowest BCUT2D eigenvalue weighted by Crippen LogP contribution is -1.95. The monoisotopic (exact) mass is 523 g/mol. The molecule has 0 aliphatic rings. The molecule has 0 aliphatic carbocycles. The summed E-state index contributed by atoms with van der Waals surface area (Å²) in [6, 6.07) is 8.90. The molecule has 0 fully saturated rings. The summed E-state index contributed by atoms with van der Waals surface area (Å²) in [5.41, 5.74) is 2.65. The third-order valence-electron chi connectivity index (χ3n) is 8.44. The van der Waals surface area contributed by atoms with Gasteiger partial charge < -0.3 is 0 Å². The van der Waals surface area contributed by atoms with Crippen LogP contribution in [0.4, 0.5) is 0 Å². The first-order valence-electron chi connectivity index (χ1n) is 17.3. The first-order valence-corrected chi connectivity index (χ1v) is 17.3. The molecule has 1 unspecified atom stereocenters. The predicted molar refractivity (Wildman–Crippen MR) is 173 cm³/mol. The molecule has 0 nitrogen and oxygen atoms in total. The van der Waals surface area contributed by atoms with Gasteiger partial charge in [0.2, 0.25) is 0 Å². The van der Waals surface area contributed by atoms with Gasteiger partial charge in [0, 0.05) is 12.0 Å². The van der Waals surface area contributed by atoms with E-state index >= 15 is 0 Å². The Morgan fingerprint density at radius 2 is 1.03 bits per heavy atom. The van der Waals surface area contributed by atoms with Gasteiger partial charge in [-0.3, -0.25) is 0 Å². The summed E-state index contributed by atoms with van der Waals surface area (Å²) in [5.74, 6) is 7.64. The van der Waals surface area contributed by atoms with Crippen LogP contribution in [0.3, 0.4) is 0 Å². The van der Waals surface area contributed by atoms with E-state index in [0.717, 1.165) is 12.3 Å². The smallest absolute Gasteiger partial charge is 0.0247 e. The van der Waals surface area contributed by atoms with E-state index in [0.29, 0.717) is 0 Å². The summed E-state index contributed by atoms with van der Waals surface area (Å²) in [5, 5.41) is 0. The average molecular weight is 523 g/mol. The van der Waals surface area contributed by atoms with Crippen molar-refractivity contribution >= 4 is 0 Å². The molecule has 0 heteroatoms. The van der Waals surface area contributed by atoms with Crippen LogP contribution >= 0.6 is 0 Å². The average Bonchev–Trinajstić information content (AvgIpc) is 2.94. The highest BCUT2D eigenvalue weighted by atomic mass is 14.1. The van der Waals surface area contributed by atoms with Crippen LogP contribution in [-0.2, 0) is 6.42 Å². The van der Waals surface area contributed by atoms with E-state index in [1.165, 1.54) is 172 Å². The van der Waals surface area contributed by atoms with Gasteiger partial charge in [0.05, 0.1) is 0 Å². The van der Waals surface area contributed by atoms with Gasteiger partial charge in [0.1, 0.15) is 0 Å². The van der Waals surface area contributed by atoms with Crippen LogP contribution in [0.2, 0.25) is 0 Å². The predicted octanol–water partition coefficient (Wildman–Crippen LogP) is 13.0. The molecule has 0 N–H and O–H groups in total. The summed E-state index contributed by atoms with van der Waals surface area (Å²) in [7, 11) is 0. The second kappa shape index (κ2) is 27.4. The van der Waals surface area contributed by atoms with E-state index < -0.39 is 0 Å². The second-order valence-corrected chi connectivity index (χ2v) is 12.2. The van der Waals surface area contributed by atoms with Gasteiger partial charge in [-0.2, -0.15) is 0 Å². The molecule has 0 amide bonds. The van der Waals surface area contributed by atoms with Crippen molar-refractivity contribution in [1.82, 2.24) is 0 Å². The van der Waals surface area contributed by atoms with Crippen molar-refractivity contribution in [2.24, 2.45) is 5.92 Å². The van der Waals surface area contributed by atoms with Crippen LogP contribution in [0.5, 0.6) is 0 Å². The maximum Gasteiger partial charge on any atom is 0.0247 e. The van der Waals surface area contributed by atoms with Gasteiger partial charge >= 0.3 is 0 Å². The highest BCUT2D eigenvalue weighted by Gasteiger charge is 2.00. The molecule has 0 bridgehead atoms. The van der Waals surface area contributed by atoms with Gasteiger partial charge in [-0.05, 0) is 42.9 Å². The fourth-order valence-corrected chi connectivity index (χ4v) is 5.41. The standard InChI is InChI=1S/C38H66/c1-4-6-7-8-9-10-11-12-13-14-15-16-17-18-19-20-21-22-23-24-25-26-27-28-30-37-31-29-32-38(35-37)34-33-36(3)5-2/h29,31-32,35-36H,4-27,33-34H2,1-3H3. The van der Waals surface area contributed by atoms with Crippen LogP contribution in [0, 0.1) is 17.8 Å². The molecule has 38 heavy (non-hydrogen) atoms. The van der Waals surface area contributed by atoms with Gasteiger partial charge in [-0.1, -0.05) is 186 Å². The molecule has 1 rings (SSSR count). The Hall–Kier alpha value is -1.22. The maximum atomic E-state index is 3.42. The molecule has 1 aromatic rings. The Morgan fingerprint density at radius 1 is 0.579 bits per heavy atom. The van der Waals surface area contributed by atoms with Crippen molar-refractivity contribution in [3.05, 3.63) is 35.4 Å². The summed E-state index contributed by atoms with van der Waals surface area (Å²) in [6.07, 6.45) is 36.5. The fraction of sp³-hybridized carbons (Fsp3) is 0.789. The highest BCUT2D eigenvalue weighted by molar-refractivity contribution is 5.37. The summed E-state index contributed by atoms with van der Waals surface area (Å²) in [6.45, 7) is 6.94. The minimum absolute atomic E-state index is 0.818. The summed E-state index contributed by atoms with van der Waals surface area (Å²) >= 11 is 0.